The SMILES string of the molecule is CC[N+](CC)(CC)C(C)CC#N.F[B-](F)(F)F. The van der Waals surface area contributed by atoms with Crippen LogP contribution in [0.25, 0.3) is 0 Å². The quantitative estimate of drug-likeness (QED) is 0.419. The fourth-order valence-corrected chi connectivity index (χ4v) is 1.93. The van der Waals surface area contributed by atoms with Crippen molar-refractivity contribution in [2.45, 2.75) is 40.2 Å². The third kappa shape index (κ3) is 8.98. The van der Waals surface area contributed by atoms with Crippen LogP contribution in [0.15, 0.2) is 0 Å². The Labute approximate surface area is 101 Å². The molecule has 0 saturated carbocycles. The normalized spacial score (nSPS) is 13.4. The predicted molar refractivity (Wildman–Crippen MR) is 61.8 cm³/mol. The first kappa shape index (κ1) is 18.6. The lowest BCUT2D eigenvalue weighted by molar-refractivity contribution is -0.944. The molecule has 102 valence electrons. The lowest BCUT2D eigenvalue weighted by atomic mass is 10.1. The van der Waals surface area contributed by atoms with E-state index in [4.69, 9.17) is 5.26 Å². The number of quaternary nitrogens is 1. The van der Waals surface area contributed by atoms with Crippen LogP contribution in [0.3, 0.4) is 0 Å². The van der Waals surface area contributed by atoms with Crippen LogP contribution in [0.2, 0.25) is 0 Å². The monoisotopic (exact) mass is 256 g/mol. The van der Waals surface area contributed by atoms with E-state index < -0.39 is 7.25 Å². The van der Waals surface area contributed by atoms with Crippen molar-refractivity contribution in [3.8, 4) is 6.07 Å². The summed E-state index contributed by atoms with van der Waals surface area (Å²) in [6, 6.07) is 2.74. The Hall–Kier alpha value is -0.765. The van der Waals surface area contributed by atoms with Gasteiger partial charge in [-0.05, 0) is 27.7 Å². The highest BCUT2D eigenvalue weighted by molar-refractivity contribution is 6.50. The van der Waals surface area contributed by atoms with E-state index in [0.717, 1.165) is 24.1 Å². The summed E-state index contributed by atoms with van der Waals surface area (Å²) in [6.45, 7) is 12.2. The molecule has 0 aliphatic rings. The molecule has 0 amide bonds. The second-order valence-electron chi connectivity index (χ2n) is 3.87. The van der Waals surface area contributed by atoms with E-state index in [1.165, 1.54) is 0 Å². The minimum atomic E-state index is -6.00. The zero-order valence-corrected chi connectivity index (χ0v) is 10.9. The average Bonchev–Trinajstić information content (AvgIpc) is 2.19. The van der Waals surface area contributed by atoms with E-state index in [1.807, 2.05) is 0 Å². The molecule has 0 aromatic carbocycles. The van der Waals surface area contributed by atoms with Gasteiger partial charge in [0.15, 0.2) is 0 Å². The van der Waals surface area contributed by atoms with Crippen LogP contribution in [-0.2, 0) is 0 Å². The molecule has 0 N–H and O–H groups in total. The summed E-state index contributed by atoms with van der Waals surface area (Å²) in [7, 11) is -6.00. The lowest BCUT2D eigenvalue weighted by Crippen LogP contribution is -2.53. The first-order valence-electron chi connectivity index (χ1n) is 5.76. The van der Waals surface area contributed by atoms with E-state index in [9.17, 15) is 17.3 Å². The van der Waals surface area contributed by atoms with Gasteiger partial charge in [-0.1, -0.05) is 0 Å². The summed E-state index contributed by atoms with van der Waals surface area (Å²) >= 11 is 0. The molecule has 17 heavy (non-hydrogen) atoms. The van der Waals surface area contributed by atoms with Crippen molar-refractivity contribution in [1.29, 1.82) is 5.26 Å². The average molecular weight is 256 g/mol. The van der Waals surface area contributed by atoms with Crippen LogP contribution in [0, 0.1) is 11.3 Å². The van der Waals surface area contributed by atoms with Gasteiger partial charge in [0, 0.05) is 0 Å². The maximum Gasteiger partial charge on any atom is 0.673 e. The highest BCUT2D eigenvalue weighted by Gasteiger charge is 2.27. The third-order valence-electron chi connectivity index (χ3n) is 3.21. The summed E-state index contributed by atoms with van der Waals surface area (Å²) < 4.78 is 40.1. The van der Waals surface area contributed by atoms with Gasteiger partial charge in [-0.2, -0.15) is 5.26 Å². The number of nitriles is 1. The molecule has 0 aliphatic carbocycles. The summed E-state index contributed by atoms with van der Waals surface area (Å²) in [5.41, 5.74) is 0. The Morgan fingerprint density at radius 3 is 1.53 bits per heavy atom. The molecule has 0 bridgehead atoms. The van der Waals surface area contributed by atoms with E-state index in [2.05, 4.69) is 33.8 Å². The van der Waals surface area contributed by atoms with Gasteiger partial charge in [-0.15, -0.1) is 0 Å². The van der Waals surface area contributed by atoms with Gasteiger partial charge < -0.3 is 21.7 Å². The summed E-state index contributed by atoms with van der Waals surface area (Å²) in [5.74, 6) is 0. The predicted octanol–water partition coefficient (Wildman–Crippen LogP) is 3.47. The topological polar surface area (TPSA) is 23.8 Å². The number of nitrogens with zero attached hydrogens (tertiary/aromatic N) is 2. The minimum Gasteiger partial charge on any atom is -0.418 e. The van der Waals surface area contributed by atoms with Crippen LogP contribution >= 0.6 is 0 Å². The summed E-state index contributed by atoms with van der Waals surface area (Å²) in [6.07, 6.45) is 0.676. The fraction of sp³-hybridized carbons (Fsp3) is 0.900. The number of rotatable bonds is 5. The van der Waals surface area contributed by atoms with Crippen LogP contribution in [0.1, 0.15) is 34.1 Å². The molecule has 0 aromatic rings. The molecule has 0 spiro atoms. The first-order chi connectivity index (χ1) is 7.66. The molecule has 0 fully saturated rings. The zero-order chi connectivity index (χ0) is 14.1. The van der Waals surface area contributed by atoms with Gasteiger partial charge in [-0.25, -0.2) is 0 Å². The molecule has 0 aliphatic heterocycles. The Morgan fingerprint density at radius 1 is 1.06 bits per heavy atom. The zero-order valence-electron chi connectivity index (χ0n) is 10.9. The van der Waals surface area contributed by atoms with Gasteiger partial charge in [0.05, 0.1) is 38.2 Å². The summed E-state index contributed by atoms with van der Waals surface area (Å²) in [4.78, 5) is 0. The molecule has 1 unspecified atom stereocenters. The Kier molecular flexibility index (Phi) is 9.13. The maximum atomic E-state index is 9.75. The standard InChI is InChI=1S/C10H21N2.BF4/c1-5-12(6-2,7-3)10(4)8-9-11;2-1(3,4)5/h10H,5-8H2,1-4H3;/q+1;-1. The largest absolute Gasteiger partial charge is 0.673 e. The first-order valence-corrected chi connectivity index (χ1v) is 5.76. The van der Waals surface area contributed by atoms with Crippen LogP contribution in [0.4, 0.5) is 17.3 Å². The van der Waals surface area contributed by atoms with Gasteiger partial charge in [0.25, 0.3) is 0 Å². The second kappa shape index (κ2) is 8.34. The van der Waals surface area contributed by atoms with Gasteiger partial charge >= 0.3 is 7.25 Å². The Bertz CT molecular complexity index is 219. The molecule has 0 aromatic heterocycles. The minimum absolute atomic E-state index is 0.481. The van der Waals surface area contributed by atoms with Crippen LogP contribution in [0.5, 0.6) is 0 Å². The van der Waals surface area contributed by atoms with Gasteiger partial charge in [0.1, 0.15) is 0 Å². The molecule has 0 heterocycles. The van der Waals surface area contributed by atoms with Gasteiger partial charge in [-0.3, -0.25) is 0 Å². The van der Waals surface area contributed by atoms with E-state index in [-0.39, 0.29) is 0 Å². The molecule has 0 saturated heterocycles. The van der Waals surface area contributed by atoms with Crippen molar-refractivity contribution in [1.82, 2.24) is 0 Å². The molecule has 0 rings (SSSR count). The molecular formula is C10H21BF4N2. The molecule has 7 heteroatoms. The molecule has 2 nitrogen and oxygen atoms in total. The Balaban J connectivity index is 0. The molecule has 0 radical (unpaired) electrons. The highest BCUT2D eigenvalue weighted by Crippen LogP contribution is 2.15. The van der Waals surface area contributed by atoms with Crippen LogP contribution < -0.4 is 0 Å². The van der Waals surface area contributed by atoms with E-state index in [1.54, 1.807) is 0 Å². The highest BCUT2D eigenvalue weighted by atomic mass is 19.5. The molecular weight excluding hydrogens is 235 g/mol. The van der Waals surface area contributed by atoms with Crippen molar-refractivity contribution >= 4 is 7.25 Å². The number of hydrogen-bond acceptors (Lipinski definition) is 1. The fourth-order valence-electron chi connectivity index (χ4n) is 1.93. The van der Waals surface area contributed by atoms with E-state index >= 15 is 0 Å². The van der Waals surface area contributed by atoms with Gasteiger partial charge in [0.2, 0.25) is 0 Å². The number of hydrogen-bond donors (Lipinski definition) is 0. The van der Waals surface area contributed by atoms with Crippen LogP contribution in [-0.4, -0.2) is 37.4 Å². The second-order valence-corrected chi connectivity index (χ2v) is 3.87. The van der Waals surface area contributed by atoms with Crippen molar-refractivity contribution in [3.63, 3.8) is 0 Å². The third-order valence-corrected chi connectivity index (χ3v) is 3.21. The van der Waals surface area contributed by atoms with Crippen molar-refractivity contribution in [2.75, 3.05) is 19.6 Å². The lowest BCUT2D eigenvalue weighted by Gasteiger charge is -2.40. The maximum absolute atomic E-state index is 9.75. The molecule has 1 atom stereocenters. The Morgan fingerprint density at radius 2 is 1.35 bits per heavy atom. The number of halogens is 4. The van der Waals surface area contributed by atoms with Crippen molar-refractivity contribution < 1.29 is 21.7 Å². The van der Waals surface area contributed by atoms with E-state index in [0.29, 0.717) is 12.5 Å². The van der Waals surface area contributed by atoms with Crippen molar-refractivity contribution in [2.24, 2.45) is 0 Å². The summed E-state index contributed by atoms with van der Waals surface area (Å²) in [5, 5.41) is 8.63. The smallest absolute Gasteiger partial charge is 0.418 e. The van der Waals surface area contributed by atoms with Crippen molar-refractivity contribution in [3.05, 3.63) is 0 Å².